The fourth-order valence-electron chi connectivity index (χ4n) is 4.01. The first-order valence-corrected chi connectivity index (χ1v) is 8.92. The van der Waals surface area contributed by atoms with Crippen LogP contribution in [0.15, 0.2) is 0 Å². The van der Waals surface area contributed by atoms with Crippen molar-refractivity contribution in [1.82, 2.24) is 10.2 Å². The summed E-state index contributed by atoms with van der Waals surface area (Å²) in [6.07, 6.45) is 11.7. The van der Waals surface area contributed by atoms with Crippen molar-refractivity contribution >= 4 is 5.91 Å². The molecule has 4 heteroatoms. The lowest BCUT2D eigenvalue weighted by molar-refractivity contribution is -0.157. The average Bonchev–Trinajstić information content (AvgIpc) is 2.44. The Morgan fingerprint density at radius 3 is 2.52 bits per heavy atom. The molecule has 120 valence electrons. The summed E-state index contributed by atoms with van der Waals surface area (Å²) in [7, 11) is 0. The Labute approximate surface area is 128 Å². The van der Waals surface area contributed by atoms with Crippen molar-refractivity contribution in [2.24, 2.45) is 5.92 Å². The number of hydrogen-bond donors (Lipinski definition) is 2. The third-order valence-electron chi connectivity index (χ3n) is 5.70. The van der Waals surface area contributed by atoms with Gasteiger partial charge in [-0.2, -0.15) is 0 Å². The molecule has 0 aromatic heterocycles. The summed E-state index contributed by atoms with van der Waals surface area (Å²) in [6.45, 7) is 2.14. The Balaban J connectivity index is 1.53. The van der Waals surface area contributed by atoms with Crippen LogP contribution in [0.5, 0.6) is 0 Å². The van der Waals surface area contributed by atoms with E-state index in [0.29, 0.717) is 24.9 Å². The minimum absolute atomic E-state index is 0.0221. The van der Waals surface area contributed by atoms with Gasteiger partial charge in [0.25, 0.3) is 5.91 Å². The fraction of sp³-hybridized carbons (Fsp3) is 0.941. The second-order valence-corrected chi connectivity index (χ2v) is 7.40. The van der Waals surface area contributed by atoms with Gasteiger partial charge in [0.2, 0.25) is 0 Å². The quantitative estimate of drug-likeness (QED) is 0.816. The summed E-state index contributed by atoms with van der Waals surface area (Å²) in [6, 6.07) is 0.524. The van der Waals surface area contributed by atoms with Crippen molar-refractivity contribution in [1.29, 1.82) is 0 Å². The monoisotopic (exact) mass is 294 g/mol. The van der Waals surface area contributed by atoms with Gasteiger partial charge in [0.1, 0.15) is 0 Å². The van der Waals surface area contributed by atoms with E-state index in [1.165, 1.54) is 51.4 Å². The van der Waals surface area contributed by atoms with Crippen LogP contribution in [0.4, 0.5) is 0 Å². The number of carbonyl (C=O) groups is 1. The Kier molecular flexibility index (Phi) is 4.85. The normalized spacial score (nSPS) is 32.2. The van der Waals surface area contributed by atoms with E-state index in [1.807, 2.05) is 4.90 Å². The smallest absolute Gasteiger partial charge is 0.255 e. The van der Waals surface area contributed by atoms with Crippen LogP contribution in [0.25, 0.3) is 0 Å². The molecule has 0 aromatic carbocycles. The van der Waals surface area contributed by atoms with Gasteiger partial charge in [0.15, 0.2) is 5.60 Å². The minimum atomic E-state index is -1.15. The van der Waals surface area contributed by atoms with Crippen LogP contribution >= 0.6 is 0 Å². The molecule has 1 aliphatic heterocycles. The van der Waals surface area contributed by atoms with Crippen LogP contribution in [0, 0.1) is 5.92 Å². The van der Waals surface area contributed by atoms with Crippen molar-refractivity contribution < 1.29 is 9.90 Å². The van der Waals surface area contributed by atoms with Gasteiger partial charge >= 0.3 is 0 Å². The highest BCUT2D eigenvalue weighted by atomic mass is 16.3. The van der Waals surface area contributed by atoms with Crippen LogP contribution in [-0.4, -0.2) is 47.2 Å². The number of piperidine rings is 1. The minimum Gasteiger partial charge on any atom is -0.379 e. The number of aliphatic hydroxyl groups is 1. The van der Waals surface area contributed by atoms with Crippen LogP contribution < -0.4 is 5.32 Å². The summed E-state index contributed by atoms with van der Waals surface area (Å²) < 4.78 is 0. The molecule has 1 amide bonds. The number of amides is 1. The van der Waals surface area contributed by atoms with Crippen molar-refractivity contribution in [3.05, 3.63) is 0 Å². The third-order valence-corrected chi connectivity index (χ3v) is 5.70. The van der Waals surface area contributed by atoms with Gasteiger partial charge in [0.05, 0.1) is 0 Å². The predicted molar refractivity (Wildman–Crippen MR) is 83.0 cm³/mol. The van der Waals surface area contributed by atoms with E-state index in [1.54, 1.807) is 0 Å². The summed E-state index contributed by atoms with van der Waals surface area (Å²) in [4.78, 5) is 14.6. The standard InChI is InChI=1S/C17H30N2O2/c20-16-17(21,13-18-15-8-4-9-15)10-5-11-19(16)12-14-6-2-1-3-7-14/h14-15,18,21H,1-13H2. The molecule has 2 N–H and O–H groups in total. The zero-order chi connectivity index (χ0) is 14.7. The molecule has 4 nitrogen and oxygen atoms in total. The van der Waals surface area contributed by atoms with E-state index in [9.17, 15) is 9.90 Å². The molecule has 3 fully saturated rings. The Morgan fingerprint density at radius 1 is 1.10 bits per heavy atom. The number of rotatable bonds is 5. The summed E-state index contributed by atoms with van der Waals surface area (Å²) in [5.41, 5.74) is -1.15. The maximum atomic E-state index is 12.7. The van der Waals surface area contributed by atoms with Gasteiger partial charge < -0.3 is 15.3 Å². The molecule has 0 radical (unpaired) electrons. The SMILES string of the molecule is O=C1N(CC2CCCCC2)CCCC1(O)CNC1CCC1. The molecule has 0 spiro atoms. The Hall–Kier alpha value is -0.610. The molecule has 0 aromatic rings. The highest BCUT2D eigenvalue weighted by Crippen LogP contribution is 2.29. The highest BCUT2D eigenvalue weighted by Gasteiger charge is 2.42. The van der Waals surface area contributed by atoms with Crippen molar-refractivity contribution in [2.45, 2.75) is 75.9 Å². The van der Waals surface area contributed by atoms with Crippen LogP contribution in [-0.2, 0) is 4.79 Å². The maximum Gasteiger partial charge on any atom is 0.255 e. The second kappa shape index (κ2) is 6.66. The van der Waals surface area contributed by atoms with Gasteiger partial charge in [-0.05, 0) is 44.4 Å². The van der Waals surface area contributed by atoms with E-state index in [0.717, 1.165) is 19.5 Å². The zero-order valence-electron chi connectivity index (χ0n) is 13.1. The van der Waals surface area contributed by atoms with Gasteiger partial charge in [-0.15, -0.1) is 0 Å². The average molecular weight is 294 g/mol. The Bertz CT molecular complexity index is 364. The van der Waals surface area contributed by atoms with E-state index < -0.39 is 5.60 Å². The lowest BCUT2D eigenvalue weighted by atomic mass is 9.86. The molecule has 1 unspecified atom stereocenters. The summed E-state index contributed by atoms with van der Waals surface area (Å²) >= 11 is 0. The maximum absolute atomic E-state index is 12.7. The van der Waals surface area contributed by atoms with Crippen LogP contribution in [0.3, 0.4) is 0 Å². The molecule has 2 aliphatic carbocycles. The predicted octanol–water partition coefficient (Wildman–Crippen LogP) is 2.06. The molecule has 1 heterocycles. The number of nitrogens with zero attached hydrogens (tertiary/aromatic N) is 1. The first-order chi connectivity index (χ1) is 10.2. The van der Waals surface area contributed by atoms with Crippen molar-refractivity contribution in [3.63, 3.8) is 0 Å². The van der Waals surface area contributed by atoms with Gasteiger partial charge in [-0.3, -0.25) is 4.79 Å². The van der Waals surface area contributed by atoms with Crippen molar-refractivity contribution in [2.75, 3.05) is 19.6 Å². The van der Waals surface area contributed by atoms with E-state index in [-0.39, 0.29) is 5.91 Å². The van der Waals surface area contributed by atoms with Crippen molar-refractivity contribution in [3.8, 4) is 0 Å². The largest absolute Gasteiger partial charge is 0.379 e. The lowest BCUT2D eigenvalue weighted by Gasteiger charge is -2.41. The molecule has 1 saturated heterocycles. The molecule has 3 aliphatic rings. The topological polar surface area (TPSA) is 52.6 Å². The van der Waals surface area contributed by atoms with Gasteiger partial charge in [0, 0.05) is 25.7 Å². The molecule has 0 bridgehead atoms. The lowest BCUT2D eigenvalue weighted by Crippen LogP contribution is -2.60. The van der Waals surface area contributed by atoms with E-state index in [2.05, 4.69) is 5.32 Å². The Morgan fingerprint density at radius 2 is 1.86 bits per heavy atom. The van der Waals surface area contributed by atoms with E-state index >= 15 is 0 Å². The number of carbonyl (C=O) groups excluding carboxylic acids is 1. The second-order valence-electron chi connectivity index (χ2n) is 7.40. The zero-order valence-corrected chi connectivity index (χ0v) is 13.1. The molecular formula is C17H30N2O2. The van der Waals surface area contributed by atoms with Gasteiger partial charge in [-0.25, -0.2) is 0 Å². The molecule has 1 atom stereocenters. The van der Waals surface area contributed by atoms with Gasteiger partial charge in [-0.1, -0.05) is 25.7 Å². The molecule has 2 saturated carbocycles. The fourth-order valence-corrected chi connectivity index (χ4v) is 4.01. The first kappa shape index (κ1) is 15.3. The summed E-state index contributed by atoms with van der Waals surface area (Å²) in [5.74, 6) is 0.635. The first-order valence-electron chi connectivity index (χ1n) is 8.92. The number of hydrogen-bond acceptors (Lipinski definition) is 3. The molecular weight excluding hydrogens is 264 g/mol. The van der Waals surface area contributed by atoms with Crippen LogP contribution in [0.1, 0.15) is 64.2 Å². The molecule has 21 heavy (non-hydrogen) atoms. The summed E-state index contributed by atoms with van der Waals surface area (Å²) in [5, 5.41) is 14.1. The van der Waals surface area contributed by atoms with Crippen LogP contribution in [0.2, 0.25) is 0 Å². The number of likely N-dealkylation sites (tertiary alicyclic amines) is 1. The molecule has 3 rings (SSSR count). The third kappa shape index (κ3) is 3.59. The highest BCUT2D eigenvalue weighted by molar-refractivity contribution is 5.86. The number of nitrogens with one attached hydrogen (secondary N) is 1. The van der Waals surface area contributed by atoms with E-state index in [4.69, 9.17) is 0 Å².